The Hall–Kier alpha value is -4.67. The second-order valence-electron chi connectivity index (χ2n) is 15.0. The second-order valence-corrected chi connectivity index (χ2v) is 17.2. The Kier molecular flexibility index (Phi) is 10.8. The maximum atomic E-state index is 14.9. The van der Waals surface area contributed by atoms with Crippen LogP contribution in [0.25, 0.3) is 33.8 Å². The number of alkyl halides is 3. The quantitative estimate of drug-likeness (QED) is 0.200. The fourth-order valence-electron chi connectivity index (χ4n) is 8.27. The second kappa shape index (κ2) is 15.3. The topological polar surface area (TPSA) is 134 Å². The van der Waals surface area contributed by atoms with Gasteiger partial charge in [0.15, 0.2) is 5.69 Å². The first-order valence-electron chi connectivity index (χ1n) is 18.8. The molecule has 3 aliphatic rings. The number of aryl methyl sites for hydroxylation is 1. The smallest absolute Gasteiger partial charge is 0.435 e. The van der Waals surface area contributed by atoms with Gasteiger partial charge >= 0.3 is 6.18 Å². The minimum atomic E-state index is -4.95. The molecule has 4 heterocycles. The molecule has 1 aliphatic carbocycles. The van der Waals surface area contributed by atoms with Gasteiger partial charge in [-0.25, -0.2) is 13.1 Å². The Morgan fingerprint density at radius 2 is 1.80 bits per heavy atom. The van der Waals surface area contributed by atoms with Crippen LogP contribution >= 0.6 is 0 Å². The van der Waals surface area contributed by atoms with Gasteiger partial charge in [-0.3, -0.25) is 14.3 Å². The van der Waals surface area contributed by atoms with Gasteiger partial charge in [0.05, 0.1) is 55.2 Å². The van der Waals surface area contributed by atoms with Crippen LogP contribution in [0.5, 0.6) is 5.75 Å². The molecule has 1 N–H and O–H groups in total. The number of morpholine rings is 1. The molecule has 1 saturated heterocycles. The average molecular weight is 798 g/mol. The first-order valence-corrected chi connectivity index (χ1v) is 20.3. The molecular weight excluding hydrogens is 752 g/mol. The molecule has 4 aromatic rings. The molecule has 2 amide bonds. The van der Waals surface area contributed by atoms with Crippen molar-refractivity contribution in [1.29, 1.82) is 0 Å². The lowest BCUT2D eigenvalue weighted by Gasteiger charge is -2.33. The number of carbonyl (C=O) groups excluding carboxylic acids is 2. The Labute approximate surface area is 323 Å². The summed E-state index contributed by atoms with van der Waals surface area (Å²) in [5.41, 5.74) is 2.57. The number of allylic oxidation sites excluding steroid dienone is 1. The van der Waals surface area contributed by atoms with E-state index < -0.39 is 50.6 Å². The van der Waals surface area contributed by atoms with Crippen LogP contribution in [0, 0.1) is 0 Å². The Morgan fingerprint density at radius 3 is 2.48 bits per heavy atom. The number of halogens is 3. The monoisotopic (exact) mass is 797 g/mol. The number of hydrogen-bond acceptors (Lipinski definition) is 8. The highest BCUT2D eigenvalue weighted by atomic mass is 32.2. The van der Waals surface area contributed by atoms with Gasteiger partial charge in [0, 0.05) is 49.3 Å². The van der Waals surface area contributed by atoms with Crippen molar-refractivity contribution in [2.24, 2.45) is 7.05 Å². The number of amides is 2. The van der Waals surface area contributed by atoms with Gasteiger partial charge in [0.1, 0.15) is 5.75 Å². The molecule has 12 nitrogen and oxygen atoms in total. The number of aromatic nitrogens is 3. The summed E-state index contributed by atoms with van der Waals surface area (Å²) < 4.78 is 91.9. The molecule has 1 atom stereocenters. The summed E-state index contributed by atoms with van der Waals surface area (Å²) in [6.07, 6.45) is 1.31. The van der Waals surface area contributed by atoms with Crippen LogP contribution in [0.2, 0.25) is 0 Å². The molecule has 2 aliphatic heterocycles. The van der Waals surface area contributed by atoms with Gasteiger partial charge in [-0.15, -0.1) is 0 Å². The van der Waals surface area contributed by atoms with Crippen molar-refractivity contribution in [3.63, 3.8) is 0 Å². The number of methoxy groups -OCH3 is 2. The van der Waals surface area contributed by atoms with E-state index in [1.807, 2.05) is 28.8 Å². The fraction of sp³-hybridized carbons (Fsp3) is 0.475. The highest BCUT2D eigenvalue weighted by molar-refractivity contribution is 7.90. The maximum Gasteiger partial charge on any atom is 0.435 e. The number of ether oxygens (including phenoxy) is 3. The van der Waals surface area contributed by atoms with E-state index in [1.165, 1.54) is 40.0 Å². The number of carbonyl (C=O) groups is 2. The van der Waals surface area contributed by atoms with Crippen LogP contribution in [-0.4, -0.2) is 91.4 Å². The lowest BCUT2D eigenvalue weighted by atomic mass is 9.81. The normalized spacial score (nSPS) is 18.1. The number of rotatable bonds is 9. The van der Waals surface area contributed by atoms with Crippen LogP contribution in [-0.2, 0) is 39.3 Å². The molecule has 2 aromatic carbocycles. The van der Waals surface area contributed by atoms with E-state index in [1.54, 1.807) is 18.2 Å². The summed E-state index contributed by atoms with van der Waals surface area (Å²) in [4.78, 5) is 29.2. The van der Waals surface area contributed by atoms with E-state index in [0.717, 1.165) is 59.0 Å². The molecule has 2 fully saturated rings. The third kappa shape index (κ3) is 7.34. The highest BCUT2D eigenvalue weighted by Crippen LogP contribution is 2.48. The van der Waals surface area contributed by atoms with Crippen LogP contribution in [0.4, 0.5) is 13.2 Å². The summed E-state index contributed by atoms with van der Waals surface area (Å²) in [7, 11) is 0.465. The maximum absolute atomic E-state index is 14.9. The molecule has 7 rings (SSSR count). The van der Waals surface area contributed by atoms with Gasteiger partial charge in [-0.05, 0) is 85.7 Å². The van der Waals surface area contributed by atoms with E-state index >= 15 is 0 Å². The predicted molar refractivity (Wildman–Crippen MR) is 205 cm³/mol. The summed E-state index contributed by atoms with van der Waals surface area (Å²) in [5, 5.41) is 3.94. The highest BCUT2D eigenvalue weighted by Gasteiger charge is 2.44. The number of nitrogens with zero attached hydrogens (tertiary/aromatic N) is 4. The van der Waals surface area contributed by atoms with E-state index in [0.29, 0.717) is 22.4 Å². The van der Waals surface area contributed by atoms with E-state index in [2.05, 4.69) is 9.82 Å². The molecular formula is C40H46F3N5O7S. The van der Waals surface area contributed by atoms with Crippen molar-refractivity contribution >= 4 is 44.4 Å². The minimum absolute atomic E-state index is 0.00254. The van der Waals surface area contributed by atoms with Crippen molar-refractivity contribution in [2.45, 2.75) is 75.9 Å². The SMILES string of the molecule is COC[C@@H]1CN(C(=O)c2c(C(F)(F)F)nn(C)c2C2=Cc3cc(OC)ccc3-c3c(C4CCCCC4)c4ccc(C(=O)NS(=O)(=O)C(C)C)cc4n3C2)CCO1. The first kappa shape index (κ1) is 39.6. The van der Waals surface area contributed by atoms with E-state index in [-0.39, 0.29) is 50.0 Å². The first-order chi connectivity index (χ1) is 26.6. The van der Waals surface area contributed by atoms with Gasteiger partial charge in [0.2, 0.25) is 10.0 Å². The lowest BCUT2D eigenvalue weighted by molar-refractivity contribution is -0.141. The van der Waals surface area contributed by atoms with Crippen LogP contribution in [0.15, 0.2) is 36.4 Å². The molecule has 0 bridgehead atoms. The zero-order valence-electron chi connectivity index (χ0n) is 32.0. The third-order valence-corrected chi connectivity index (χ3v) is 12.7. The molecule has 2 aromatic heterocycles. The summed E-state index contributed by atoms with van der Waals surface area (Å²) in [6.45, 7) is 3.35. The Balaban J connectivity index is 1.47. The zero-order chi connectivity index (χ0) is 40.1. The van der Waals surface area contributed by atoms with Gasteiger partial charge < -0.3 is 23.7 Å². The Morgan fingerprint density at radius 1 is 1.05 bits per heavy atom. The fourth-order valence-corrected chi connectivity index (χ4v) is 8.89. The summed E-state index contributed by atoms with van der Waals surface area (Å²) in [6, 6.07) is 10.7. The third-order valence-electron chi connectivity index (χ3n) is 11.0. The van der Waals surface area contributed by atoms with Crippen molar-refractivity contribution in [3.05, 3.63) is 70.0 Å². The number of benzene rings is 2. The summed E-state index contributed by atoms with van der Waals surface area (Å²) in [5.74, 6) is -0.946. The van der Waals surface area contributed by atoms with Crippen molar-refractivity contribution in [3.8, 4) is 17.0 Å². The van der Waals surface area contributed by atoms with Gasteiger partial charge in [-0.2, -0.15) is 18.3 Å². The van der Waals surface area contributed by atoms with Crippen LogP contribution < -0.4 is 9.46 Å². The molecule has 16 heteroatoms. The lowest BCUT2D eigenvalue weighted by Crippen LogP contribution is -2.47. The summed E-state index contributed by atoms with van der Waals surface area (Å²) >= 11 is 0. The number of hydrogen-bond donors (Lipinski definition) is 1. The van der Waals surface area contributed by atoms with Crippen molar-refractivity contribution in [1.82, 2.24) is 24.0 Å². The minimum Gasteiger partial charge on any atom is -0.497 e. The van der Waals surface area contributed by atoms with E-state index in [4.69, 9.17) is 14.2 Å². The van der Waals surface area contributed by atoms with Crippen LogP contribution in [0.3, 0.4) is 0 Å². The van der Waals surface area contributed by atoms with Gasteiger partial charge in [0.25, 0.3) is 11.8 Å². The molecule has 0 radical (unpaired) electrons. The molecule has 0 unspecified atom stereocenters. The van der Waals surface area contributed by atoms with Crippen molar-refractivity contribution in [2.75, 3.05) is 40.5 Å². The largest absolute Gasteiger partial charge is 0.497 e. The number of nitrogens with one attached hydrogen (secondary N) is 1. The molecule has 56 heavy (non-hydrogen) atoms. The van der Waals surface area contributed by atoms with Crippen LogP contribution in [0.1, 0.15) is 95.1 Å². The molecule has 300 valence electrons. The van der Waals surface area contributed by atoms with Crippen molar-refractivity contribution < 1.29 is 45.4 Å². The average Bonchev–Trinajstić information content (AvgIpc) is 3.63. The number of fused-ring (bicyclic) bond motifs is 5. The predicted octanol–water partition coefficient (Wildman–Crippen LogP) is 6.63. The molecule has 0 spiro atoms. The standard InChI is InChI=1S/C40H46F3N5O7S/c1-23(2)56(51,52)45-38(49)25-11-13-31-32(19-25)48-20-27(17-26-18-28(54-5)12-14-30(26)36(48)33(31)24-9-7-6-8-10-24)35-34(37(40(41,42)43)44-46(35)3)39(50)47-15-16-55-29(21-47)22-53-4/h11-14,17-19,23-24,29H,6-10,15-16,20-22H2,1-5H3,(H,45,49)/t29-/m0/s1. The Bertz CT molecular complexity index is 2320. The zero-order valence-corrected chi connectivity index (χ0v) is 32.8. The van der Waals surface area contributed by atoms with Gasteiger partial charge in [-0.1, -0.05) is 25.3 Å². The van der Waals surface area contributed by atoms with E-state index in [9.17, 15) is 31.2 Å². The molecule has 1 saturated carbocycles. The number of sulfonamides is 1.